The number of halogens is 2. The van der Waals surface area contributed by atoms with E-state index in [0.29, 0.717) is 23.1 Å². The van der Waals surface area contributed by atoms with Crippen LogP contribution >= 0.6 is 23.2 Å². The van der Waals surface area contributed by atoms with E-state index < -0.39 is 0 Å². The average Bonchev–Trinajstić information content (AvgIpc) is 3.17. The van der Waals surface area contributed by atoms with Gasteiger partial charge >= 0.3 is 0 Å². The van der Waals surface area contributed by atoms with E-state index in [0.717, 1.165) is 35.5 Å². The van der Waals surface area contributed by atoms with Gasteiger partial charge in [0.2, 0.25) is 0 Å². The van der Waals surface area contributed by atoms with E-state index in [1.54, 1.807) is 10.9 Å². The van der Waals surface area contributed by atoms with Crippen LogP contribution in [0.25, 0.3) is 11.3 Å². The van der Waals surface area contributed by atoms with E-state index in [2.05, 4.69) is 41.7 Å². The maximum absolute atomic E-state index is 6.34. The van der Waals surface area contributed by atoms with Crippen LogP contribution in [0.2, 0.25) is 10.0 Å². The molecule has 0 unspecified atom stereocenters. The number of aromatic nitrogens is 3. The molecule has 1 heterocycles. The molecule has 0 atom stereocenters. The van der Waals surface area contributed by atoms with E-state index in [1.807, 2.05) is 36.4 Å². The molecular formula is C24H22Cl2N4. The second-order valence-corrected chi connectivity index (χ2v) is 7.88. The summed E-state index contributed by atoms with van der Waals surface area (Å²) in [6.45, 7) is 2.00. The van der Waals surface area contributed by atoms with Gasteiger partial charge in [0.1, 0.15) is 11.4 Å². The highest BCUT2D eigenvalue weighted by molar-refractivity contribution is 6.35. The first-order valence-corrected chi connectivity index (χ1v) is 10.6. The number of hydrogen-bond donors (Lipinski definition) is 1. The molecule has 0 aliphatic rings. The van der Waals surface area contributed by atoms with Crippen LogP contribution in [0.5, 0.6) is 0 Å². The lowest BCUT2D eigenvalue weighted by Crippen LogP contribution is -2.17. The van der Waals surface area contributed by atoms with Crippen LogP contribution in [0.4, 0.5) is 0 Å². The number of rotatable bonds is 8. The summed E-state index contributed by atoms with van der Waals surface area (Å²) in [6, 6.07) is 26.1. The molecule has 0 fully saturated rings. The molecule has 0 amide bonds. The van der Waals surface area contributed by atoms with Crippen molar-refractivity contribution in [1.82, 2.24) is 20.3 Å². The molecule has 0 saturated carbocycles. The van der Waals surface area contributed by atoms with Gasteiger partial charge in [-0.2, -0.15) is 15.0 Å². The lowest BCUT2D eigenvalue weighted by atomic mass is 10.1. The fourth-order valence-electron chi connectivity index (χ4n) is 3.28. The van der Waals surface area contributed by atoms with Crippen molar-refractivity contribution in [3.63, 3.8) is 0 Å². The fraction of sp³-hybridized carbons (Fsp3) is 0.167. The predicted molar refractivity (Wildman–Crippen MR) is 123 cm³/mol. The van der Waals surface area contributed by atoms with Gasteiger partial charge in [-0.3, -0.25) is 0 Å². The largest absolute Gasteiger partial charge is 0.311 e. The summed E-state index contributed by atoms with van der Waals surface area (Å²) in [6.07, 6.45) is 0.968. The highest BCUT2D eigenvalue weighted by atomic mass is 35.5. The minimum Gasteiger partial charge on any atom is -0.311 e. The molecule has 4 rings (SSSR count). The average molecular weight is 437 g/mol. The van der Waals surface area contributed by atoms with Gasteiger partial charge in [-0.25, -0.2) is 0 Å². The summed E-state index contributed by atoms with van der Waals surface area (Å²) < 4.78 is 0. The highest BCUT2D eigenvalue weighted by Gasteiger charge is 2.14. The molecule has 4 nitrogen and oxygen atoms in total. The van der Waals surface area contributed by atoms with Crippen molar-refractivity contribution >= 4 is 23.2 Å². The van der Waals surface area contributed by atoms with Gasteiger partial charge in [0.25, 0.3) is 0 Å². The van der Waals surface area contributed by atoms with Crippen molar-refractivity contribution in [2.75, 3.05) is 6.54 Å². The topological polar surface area (TPSA) is 42.7 Å². The van der Waals surface area contributed by atoms with E-state index >= 15 is 0 Å². The van der Waals surface area contributed by atoms with Crippen molar-refractivity contribution < 1.29 is 0 Å². The van der Waals surface area contributed by atoms with Crippen LogP contribution in [0, 0.1) is 0 Å². The molecule has 30 heavy (non-hydrogen) atoms. The lowest BCUT2D eigenvalue weighted by molar-refractivity contribution is 0.577. The van der Waals surface area contributed by atoms with Crippen LogP contribution in [0.15, 0.2) is 78.9 Å². The maximum atomic E-state index is 6.34. The van der Waals surface area contributed by atoms with Crippen LogP contribution in [0.3, 0.4) is 0 Å². The normalized spacial score (nSPS) is 11.0. The van der Waals surface area contributed by atoms with Gasteiger partial charge in [0, 0.05) is 22.2 Å². The fourth-order valence-corrected chi connectivity index (χ4v) is 3.75. The third-order valence-electron chi connectivity index (χ3n) is 4.82. The van der Waals surface area contributed by atoms with Crippen molar-refractivity contribution in [3.05, 3.63) is 106 Å². The van der Waals surface area contributed by atoms with Gasteiger partial charge in [0.05, 0.1) is 6.54 Å². The molecule has 0 bridgehead atoms. The molecule has 0 spiro atoms. The molecule has 152 valence electrons. The van der Waals surface area contributed by atoms with Crippen molar-refractivity contribution in [1.29, 1.82) is 0 Å². The Kier molecular flexibility index (Phi) is 6.80. The zero-order valence-corrected chi connectivity index (χ0v) is 17.9. The van der Waals surface area contributed by atoms with Crippen molar-refractivity contribution in [3.8, 4) is 11.3 Å². The zero-order chi connectivity index (χ0) is 20.8. The number of benzene rings is 3. The summed E-state index contributed by atoms with van der Waals surface area (Å²) in [5.74, 6) is 0. The number of hydrogen-bond acceptors (Lipinski definition) is 3. The first kappa shape index (κ1) is 20.6. The van der Waals surface area contributed by atoms with E-state index in [9.17, 15) is 0 Å². The number of nitrogens with zero attached hydrogens (tertiary/aromatic N) is 3. The molecule has 1 N–H and O–H groups in total. The SMILES string of the molecule is Clc1ccc(Cn2nc(CNCCc3ccccc3)c(-c3ccccc3)n2)c(Cl)c1. The number of nitrogens with one attached hydrogen (secondary N) is 1. The molecule has 6 heteroatoms. The standard InChI is InChI=1S/C24H22Cl2N4/c25-21-12-11-20(22(26)15-21)17-30-28-23(24(29-30)19-9-5-2-6-10-19)16-27-14-13-18-7-3-1-4-8-18/h1-12,15,27H,13-14,16-17H2. The highest BCUT2D eigenvalue weighted by Crippen LogP contribution is 2.23. The molecule has 4 aromatic rings. The van der Waals surface area contributed by atoms with Gasteiger partial charge in [-0.15, -0.1) is 0 Å². The smallest absolute Gasteiger partial charge is 0.117 e. The van der Waals surface area contributed by atoms with E-state index in [1.165, 1.54) is 5.56 Å². The monoisotopic (exact) mass is 436 g/mol. The van der Waals surface area contributed by atoms with E-state index in [4.69, 9.17) is 33.4 Å². The predicted octanol–water partition coefficient (Wildman–Crippen LogP) is 5.63. The van der Waals surface area contributed by atoms with E-state index in [-0.39, 0.29) is 0 Å². The first-order chi connectivity index (χ1) is 14.7. The second kappa shape index (κ2) is 9.90. The Balaban J connectivity index is 1.50. The Morgan fingerprint density at radius 1 is 0.833 bits per heavy atom. The molecular weight excluding hydrogens is 415 g/mol. The van der Waals surface area contributed by atoms with Crippen molar-refractivity contribution in [2.45, 2.75) is 19.5 Å². The molecule has 1 aromatic heterocycles. The summed E-state index contributed by atoms with van der Waals surface area (Å²) in [5, 5.41) is 14.2. The van der Waals surface area contributed by atoms with Crippen LogP contribution < -0.4 is 5.32 Å². The summed E-state index contributed by atoms with van der Waals surface area (Å²) >= 11 is 12.4. The molecule has 0 radical (unpaired) electrons. The van der Waals surface area contributed by atoms with Crippen molar-refractivity contribution in [2.24, 2.45) is 0 Å². The summed E-state index contributed by atoms with van der Waals surface area (Å²) in [7, 11) is 0. The minimum atomic E-state index is 0.486. The van der Waals surface area contributed by atoms with Gasteiger partial charge in [-0.1, -0.05) is 89.9 Å². The Labute approximate surface area is 186 Å². The Morgan fingerprint density at radius 3 is 2.30 bits per heavy atom. The first-order valence-electron chi connectivity index (χ1n) is 9.87. The molecule has 0 saturated heterocycles. The molecule has 0 aliphatic heterocycles. The summed E-state index contributed by atoms with van der Waals surface area (Å²) in [4.78, 5) is 1.70. The van der Waals surface area contributed by atoms with Gasteiger partial charge in [-0.05, 0) is 36.2 Å². The minimum absolute atomic E-state index is 0.486. The van der Waals surface area contributed by atoms with Gasteiger partial charge < -0.3 is 5.32 Å². The Morgan fingerprint density at radius 2 is 1.57 bits per heavy atom. The van der Waals surface area contributed by atoms with Gasteiger partial charge in [0.15, 0.2) is 0 Å². The van der Waals surface area contributed by atoms with Crippen LogP contribution in [-0.4, -0.2) is 21.5 Å². The van der Waals surface area contributed by atoms with Crippen LogP contribution in [0.1, 0.15) is 16.8 Å². The quantitative estimate of drug-likeness (QED) is 0.363. The summed E-state index contributed by atoms with van der Waals surface area (Å²) in [5.41, 5.74) is 5.09. The maximum Gasteiger partial charge on any atom is 0.117 e. The second-order valence-electron chi connectivity index (χ2n) is 7.04. The Bertz CT molecular complexity index is 1090. The lowest BCUT2D eigenvalue weighted by Gasteiger charge is -2.05. The Hall–Kier alpha value is -2.66. The molecule has 0 aliphatic carbocycles. The van der Waals surface area contributed by atoms with Crippen LogP contribution in [-0.2, 0) is 19.5 Å². The molecule has 3 aromatic carbocycles. The third kappa shape index (κ3) is 5.28. The zero-order valence-electron chi connectivity index (χ0n) is 16.4. The third-order valence-corrected chi connectivity index (χ3v) is 5.41.